The fraction of sp³-hybridized carbons (Fsp3) is 0.471. The molecule has 1 fully saturated rings. The third-order valence-electron chi connectivity index (χ3n) is 3.78. The maximum absolute atomic E-state index is 10.8. The fourth-order valence-corrected chi connectivity index (χ4v) is 2.64. The molecule has 1 aromatic rings. The zero-order valence-corrected chi connectivity index (χ0v) is 12.2. The van der Waals surface area contributed by atoms with E-state index >= 15 is 0 Å². The van der Waals surface area contributed by atoms with Crippen molar-refractivity contribution in [1.29, 1.82) is 0 Å². The minimum Gasteiger partial charge on any atom is -0.490 e. The summed E-state index contributed by atoms with van der Waals surface area (Å²) in [6.45, 7) is 0.0515. The van der Waals surface area contributed by atoms with Crippen molar-refractivity contribution < 1.29 is 24.9 Å². The van der Waals surface area contributed by atoms with Crippen molar-refractivity contribution >= 4 is 5.97 Å². The number of rotatable bonds is 5. The van der Waals surface area contributed by atoms with E-state index in [0.29, 0.717) is 18.6 Å². The summed E-state index contributed by atoms with van der Waals surface area (Å²) in [7, 11) is 0. The maximum Gasteiger partial charge on any atom is 0.303 e. The van der Waals surface area contributed by atoms with E-state index in [4.69, 9.17) is 9.84 Å². The second-order valence-electron chi connectivity index (χ2n) is 5.44. The second kappa shape index (κ2) is 7.83. The SMILES string of the molecule is O=C(O)CC1C(O)CCC1C#CC(O)COc1ccccc1. The largest absolute Gasteiger partial charge is 0.490 e. The molecular formula is C17H20O5. The Balaban J connectivity index is 1.87. The molecule has 5 nitrogen and oxygen atoms in total. The second-order valence-corrected chi connectivity index (χ2v) is 5.44. The van der Waals surface area contributed by atoms with Crippen molar-refractivity contribution in [2.24, 2.45) is 11.8 Å². The summed E-state index contributed by atoms with van der Waals surface area (Å²) in [5.74, 6) is 4.75. The zero-order valence-electron chi connectivity index (χ0n) is 12.2. The number of hydrogen-bond donors (Lipinski definition) is 3. The van der Waals surface area contributed by atoms with Crippen LogP contribution in [0.1, 0.15) is 19.3 Å². The third-order valence-corrected chi connectivity index (χ3v) is 3.78. The lowest BCUT2D eigenvalue weighted by Gasteiger charge is -2.15. The van der Waals surface area contributed by atoms with E-state index in [0.717, 1.165) is 0 Å². The van der Waals surface area contributed by atoms with E-state index in [-0.39, 0.29) is 24.9 Å². The highest BCUT2D eigenvalue weighted by Gasteiger charge is 2.35. The van der Waals surface area contributed by atoms with Gasteiger partial charge in [-0.15, -0.1) is 0 Å². The molecule has 1 aliphatic rings. The Hall–Kier alpha value is -2.03. The molecule has 5 heteroatoms. The van der Waals surface area contributed by atoms with Crippen LogP contribution in [0.25, 0.3) is 0 Å². The van der Waals surface area contributed by atoms with Gasteiger partial charge in [-0.2, -0.15) is 0 Å². The zero-order chi connectivity index (χ0) is 15.9. The molecule has 0 saturated heterocycles. The summed E-state index contributed by atoms with van der Waals surface area (Å²) in [4.78, 5) is 10.8. The smallest absolute Gasteiger partial charge is 0.303 e. The normalized spacial score (nSPS) is 25.1. The summed E-state index contributed by atoms with van der Waals surface area (Å²) in [5.41, 5.74) is 0. The van der Waals surface area contributed by atoms with Crippen LogP contribution in [0.4, 0.5) is 0 Å². The van der Waals surface area contributed by atoms with Crippen LogP contribution in [0.2, 0.25) is 0 Å². The Morgan fingerprint density at radius 1 is 1.32 bits per heavy atom. The number of para-hydroxylation sites is 1. The van der Waals surface area contributed by atoms with E-state index in [1.807, 2.05) is 18.2 Å². The Morgan fingerprint density at radius 2 is 2.05 bits per heavy atom. The first-order valence-electron chi connectivity index (χ1n) is 7.33. The van der Waals surface area contributed by atoms with Gasteiger partial charge in [-0.05, 0) is 25.0 Å². The van der Waals surface area contributed by atoms with Gasteiger partial charge < -0.3 is 20.1 Å². The molecule has 0 heterocycles. The molecule has 0 radical (unpaired) electrons. The van der Waals surface area contributed by atoms with Crippen LogP contribution in [0, 0.1) is 23.7 Å². The van der Waals surface area contributed by atoms with E-state index in [2.05, 4.69) is 11.8 Å². The number of benzene rings is 1. The molecule has 1 saturated carbocycles. The van der Waals surface area contributed by atoms with Gasteiger partial charge in [-0.3, -0.25) is 4.79 Å². The van der Waals surface area contributed by atoms with Crippen LogP contribution < -0.4 is 4.74 Å². The Morgan fingerprint density at radius 3 is 2.73 bits per heavy atom. The van der Waals surface area contributed by atoms with Crippen molar-refractivity contribution in [2.75, 3.05) is 6.61 Å². The van der Waals surface area contributed by atoms with E-state index in [1.165, 1.54) is 0 Å². The van der Waals surface area contributed by atoms with Crippen LogP contribution in [0.15, 0.2) is 30.3 Å². The minimum atomic E-state index is -0.941. The molecule has 22 heavy (non-hydrogen) atoms. The molecular weight excluding hydrogens is 284 g/mol. The quantitative estimate of drug-likeness (QED) is 0.714. The standard InChI is InChI=1S/C17H20O5/c18-13(11-22-14-4-2-1-3-5-14)8-6-12-7-9-16(19)15(12)10-17(20)21/h1-5,12-13,15-16,18-19H,7,9-11H2,(H,20,21). The Kier molecular flexibility index (Phi) is 5.82. The summed E-state index contributed by atoms with van der Waals surface area (Å²) in [6.07, 6.45) is -0.472. The van der Waals surface area contributed by atoms with Gasteiger partial charge in [-0.25, -0.2) is 0 Å². The molecule has 4 unspecified atom stereocenters. The molecule has 1 aromatic carbocycles. The van der Waals surface area contributed by atoms with Gasteiger partial charge in [-0.1, -0.05) is 30.0 Å². The van der Waals surface area contributed by atoms with Gasteiger partial charge in [0, 0.05) is 11.8 Å². The number of carboxylic acids is 1. The van der Waals surface area contributed by atoms with Crippen LogP contribution in [0.5, 0.6) is 5.75 Å². The fourth-order valence-electron chi connectivity index (χ4n) is 2.64. The first-order chi connectivity index (χ1) is 10.6. The Bertz CT molecular complexity index is 545. The lowest BCUT2D eigenvalue weighted by Crippen LogP contribution is -2.22. The predicted octanol–water partition coefficient (Wildman–Crippen LogP) is 1.29. The summed E-state index contributed by atoms with van der Waals surface area (Å²) < 4.78 is 5.40. The average molecular weight is 304 g/mol. The molecule has 0 amide bonds. The summed E-state index contributed by atoms with van der Waals surface area (Å²) in [5, 5.41) is 28.5. The monoisotopic (exact) mass is 304 g/mol. The van der Waals surface area contributed by atoms with Gasteiger partial charge >= 0.3 is 5.97 Å². The van der Waals surface area contributed by atoms with Gasteiger partial charge in [0.05, 0.1) is 12.5 Å². The van der Waals surface area contributed by atoms with Crippen molar-refractivity contribution in [2.45, 2.75) is 31.5 Å². The molecule has 118 valence electrons. The number of aliphatic hydroxyl groups excluding tert-OH is 2. The predicted molar refractivity (Wildman–Crippen MR) is 80.2 cm³/mol. The van der Waals surface area contributed by atoms with Crippen molar-refractivity contribution in [3.8, 4) is 17.6 Å². The lowest BCUT2D eigenvalue weighted by molar-refractivity contribution is -0.139. The van der Waals surface area contributed by atoms with Gasteiger partial charge in [0.2, 0.25) is 0 Å². The summed E-state index contributed by atoms with van der Waals surface area (Å²) >= 11 is 0. The topological polar surface area (TPSA) is 87.0 Å². The average Bonchev–Trinajstić information content (AvgIpc) is 2.84. The van der Waals surface area contributed by atoms with Gasteiger partial charge in [0.15, 0.2) is 0 Å². The van der Waals surface area contributed by atoms with Gasteiger partial charge in [0.25, 0.3) is 0 Å². The van der Waals surface area contributed by atoms with E-state index in [1.54, 1.807) is 12.1 Å². The number of ether oxygens (including phenoxy) is 1. The van der Waals surface area contributed by atoms with Crippen molar-refractivity contribution in [3.05, 3.63) is 30.3 Å². The Labute approximate surface area is 129 Å². The molecule has 4 atom stereocenters. The van der Waals surface area contributed by atoms with Crippen LogP contribution >= 0.6 is 0 Å². The molecule has 1 aliphatic carbocycles. The van der Waals surface area contributed by atoms with E-state index < -0.39 is 18.2 Å². The van der Waals surface area contributed by atoms with Gasteiger partial charge in [0.1, 0.15) is 18.5 Å². The molecule has 0 spiro atoms. The number of hydrogen-bond acceptors (Lipinski definition) is 4. The molecule has 3 N–H and O–H groups in total. The summed E-state index contributed by atoms with van der Waals surface area (Å²) in [6, 6.07) is 9.12. The number of aliphatic hydroxyl groups is 2. The number of carboxylic acid groups (broad SMARTS) is 1. The van der Waals surface area contributed by atoms with Crippen LogP contribution in [-0.4, -0.2) is 40.1 Å². The highest BCUT2D eigenvalue weighted by Crippen LogP contribution is 2.34. The highest BCUT2D eigenvalue weighted by atomic mass is 16.5. The molecule has 0 aliphatic heterocycles. The first-order valence-corrected chi connectivity index (χ1v) is 7.33. The van der Waals surface area contributed by atoms with Crippen molar-refractivity contribution in [3.63, 3.8) is 0 Å². The number of carbonyl (C=O) groups is 1. The van der Waals surface area contributed by atoms with Crippen LogP contribution in [0.3, 0.4) is 0 Å². The molecule has 2 rings (SSSR count). The van der Waals surface area contributed by atoms with Crippen molar-refractivity contribution in [1.82, 2.24) is 0 Å². The molecule has 0 bridgehead atoms. The lowest BCUT2D eigenvalue weighted by atomic mass is 9.92. The minimum absolute atomic E-state index is 0.0515. The number of aliphatic carboxylic acids is 1. The third kappa shape index (κ3) is 4.76. The maximum atomic E-state index is 10.8. The first kappa shape index (κ1) is 16.3. The van der Waals surface area contributed by atoms with Crippen LogP contribution in [-0.2, 0) is 4.79 Å². The van der Waals surface area contributed by atoms with E-state index in [9.17, 15) is 15.0 Å². The highest BCUT2D eigenvalue weighted by molar-refractivity contribution is 5.67. The molecule has 0 aromatic heterocycles.